The number of amides is 3. The van der Waals surface area contributed by atoms with Crippen molar-refractivity contribution in [3.05, 3.63) is 59.3 Å². The van der Waals surface area contributed by atoms with E-state index in [4.69, 9.17) is 4.74 Å². The third-order valence-electron chi connectivity index (χ3n) is 8.12. The molecule has 0 radical (unpaired) electrons. The molecule has 3 amide bonds. The molecule has 1 aliphatic carbocycles. The molecule has 1 unspecified atom stereocenters. The molecule has 2 aliphatic heterocycles. The van der Waals surface area contributed by atoms with Crippen LogP contribution in [0.15, 0.2) is 48.2 Å². The van der Waals surface area contributed by atoms with Gasteiger partial charge in [-0.3, -0.25) is 14.6 Å². The summed E-state index contributed by atoms with van der Waals surface area (Å²) in [6.45, 7) is 15.7. The number of ether oxygens (including phenoxy) is 1. The Morgan fingerprint density at radius 3 is 2.28 bits per heavy atom. The van der Waals surface area contributed by atoms with Gasteiger partial charge in [0.15, 0.2) is 0 Å². The maximum atomic E-state index is 13.4. The van der Waals surface area contributed by atoms with Crippen LogP contribution < -0.4 is 5.32 Å². The SMILES string of the molecule is C=CCN1C(=O)NC(c2ccc(C(C)(C)C)cc2)C(C(=O)OCC)=C1CN1CCN(C(=O)C2CCCC2)CC1. The van der Waals surface area contributed by atoms with Gasteiger partial charge in [0, 0.05) is 50.9 Å². The van der Waals surface area contributed by atoms with Gasteiger partial charge in [-0.15, -0.1) is 6.58 Å². The molecule has 212 valence electrons. The Hall–Kier alpha value is -3.13. The smallest absolute Gasteiger partial charge is 0.338 e. The Labute approximate surface area is 233 Å². The van der Waals surface area contributed by atoms with Crippen molar-refractivity contribution in [2.24, 2.45) is 5.92 Å². The normalized spacial score (nSPS) is 21.2. The summed E-state index contributed by atoms with van der Waals surface area (Å²) in [5, 5.41) is 3.04. The number of esters is 1. The van der Waals surface area contributed by atoms with Crippen LogP contribution in [0.25, 0.3) is 0 Å². The number of piperazine rings is 1. The fourth-order valence-corrected chi connectivity index (χ4v) is 5.84. The highest BCUT2D eigenvalue weighted by molar-refractivity contribution is 5.95. The van der Waals surface area contributed by atoms with Gasteiger partial charge in [-0.1, -0.05) is 64.0 Å². The molecule has 3 aliphatic rings. The van der Waals surface area contributed by atoms with E-state index < -0.39 is 12.0 Å². The van der Waals surface area contributed by atoms with Gasteiger partial charge < -0.3 is 15.0 Å². The zero-order valence-corrected chi connectivity index (χ0v) is 24.0. The van der Waals surface area contributed by atoms with Crippen LogP contribution in [-0.2, 0) is 19.7 Å². The van der Waals surface area contributed by atoms with Gasteiger partial charge in [0.25, 0.3) is 0 Å². The molecule has 2 heterocycles. The summed E-state index contributed by atoms with van der Waals surface area (Å²) in [5.74, 6) is 0.0226. The molecule has 2 fully saturated rings. The Bertz CT molecular complexity index is 1090. The van der Waals surface area contributed by atoms with Crippen molar-refractivity contribution < 1.29 is 19.1 Å². The summed E-state index contributed by atoms with van der Waals surface area (Å²) >= 11 is 0. The lowest BCUT2D eigenvalue weighted by Gasteiger charge is -2.41. The van der Waals surface area contributed by atoms with E-state index in [1.807, 2.05) is 17.0 Å². The monoisotopic (exact) mass is 536 g/mol. The Morgan fingerprint density at radius 2 is 1.72 bits per heavy atom. The molecule has 1 aromatic carbocycles. The van der Waals surface area contributed by atoms with Crippen LogP contribution in [0.3, 0.4) is 0 Å². The van der Waals surface area contributed by atoms with Crippen molar-refractivity contribution >= 4 is 17.9 Å². The second-order valence-corrected chi connectivity index (χ2v) is 11.8. The number of carbonyl (C=O) groups excluding carboxylic acids is 3. The molecule has 8 nitrogen and oxygen atoms in total. The second kappa shape index (κ2) is 12.4. The summed E-state index contributed by atoms with van der Waals surface area (Å²) < 4.78 is 5.53. The first-order chi connectivity index (χ1) is 18.6. The maximum absolute atomic E-state index is 13.4. The largest absolute Gasteiger partial charge is 0.463 e. The second-order valence-electron chi connectivity index (χ2n) is 11.8. The minimum absolute atomic E-state index is 0.0125. The summed E-state index contributed by atoms with van der Waals surface area (Å²) in [6, 6.07) is 7.20. The number of nitrogens with zero attached hydrogens (tertiary/aromatic N) is 3. The summed E-state index contributed by atoms with van der Waals surface area (Å²) in [4.78, 5) is 45.6. The Morgan fingerprint density at radius 1 is 1.08 bits per heavy atom. The number of rotatable bonds is 8. The third kappa shape index (κ3) is 6.55. The molecule has 1 aromatic rings. The Kier molecular flexibility index (Phi) is 9.15. The minimum Gasteiger partial charge on any atom is -0.463 e. The molecule has 0 spiro atoms. The van der Waals surface area contributed by atoms with Crippen molar-refractivity contribution in [3.8, 4) is 0 Å². The molecule has 39 heavy (non-hydrogen) atoms. The third-order valence-corrected chi connectivity index (χ3v) is 8.12. The number of hydrogen-bond acceptors (Lipinski definition) is 5. The minimum atomic E-state index is -0.619. The van der Waals surface area contributed by atoms with E-state index in [1.54, 1.807) is 17.9 Å². The van der Waals surface area contributed by atoms with E-state index in [0.29, 0.717) is 44.0 Å². The predicted molar refractivity (Wildman–Crippen MR) is 152 cm³/mol. The Balaban J connectivity index is 1.63. The van der Waals surface area contributed by atoms with Crippen molar-refractivity contribution in [1.82, 2.24) is 20.0 Å². The molecule has 4 rings (SSSR count). The fraction of sp³-hybridized carbons (Fsp3) is 0.581. The van der Waals surface area contributed by atoms with Crippen molar-refractivity contribution in [2.45, 2.75) is 64.8 Å². The molecule has 1 N–H and O–H groups in total. The standard InChI is InChI=1S/C31H44N4O4/c1-6-16-35-25(21-33-17-19-34(20-18-33)28(36)23-10-8-9-11-23)26(29(37)39-7-2)27(32-30(35)38)22-12-14-24(15-13-22)31(3,4)5/h6,12-15,23,27H,1,7-11,16-21H2,2-5H3,(H,32,38). The summed E-state index contributed by atoms with van der Waals surface area (Å²) in [5.41, 5.74) is 3.08. The predicted octanol–water partition coefficient (Wildman–Crippen LogP) is 4.39. The van der Waals surface area contributed by atoms with Crippen LogP contribution in [-0.4, -0.2) is 78.5 Å². The van der Waals surface area contributed by atoms with Crippen LogP contribution in [0.4, 0.5) is 4.79 Å². The highest BCUT2D eigenvalue weighted by Crippen LogP contribution is 2.34. The van der Waals surface area contributed by atoms with Gasteiger partial charge in [0.1, 0.15) is 0 Å². The van der Waals surface area contributed by atoms with Crippen LogP contribution in [0.1, 0.15) is 70.5 Å². The van der Waals surface area contributed by atoms with Gasteiger partial charge >= 0.3 is 12.0 Å². The highest BCUT2D eigenvalue weighted by atomic mass is 16.5. The van der Waals surface area contributed by atoms with Crippen molar-refractivity contribution in [3.63, 3.8) is 0 Å². The van der Waals surface area contributed by atoms with Crippen molar-refractivity contribution in [1.29, 1.82) is 0 Å². The van der Waals surface area contributed by atoms with E-state index in [1.165, 1.54) is 5.56 Å². The molecule has 1 atom stereocenters. The van der Waals surface area contributed by atoms with E-state index >= 15 is 0 Å². The van der Waals surface area contributed by atoms with Crippen LogP contribution in [0.2, 0.25) is 0 Å². The van der Waals surface area contributed by atoms with Gasteiger partial charge in [0.05, 0.1) is 18.2 Å². The van der Waals surface area contributed by atoms with E-state index in [-0.39, 0.29) is 36.4 Å². The fourth-order valence-electron chi connectivity index (χ4n) is 5.84. The molecule has 8 heteroatoms. The lowest BCUT2D eigenvalue weighted by atomic mass is 9.85. The van der Waals surface area contributed by atoms with Crippen LogP contribution in [0.5, 0.6) is 0 Å². The van der Waals surface area contributed by atoms with E-state index in [9.17, 15) is 14.4 Å². The number of urea groups is 1. The topological polar surface area (TPSA) is 82.2 Å². The van der Waals surface area contributed by atoms with Gasteiger partial charge in [0.2, 0.25) is 5.91 Å². The summed E-state index contributed by atoms with van der Waals surface area (Å²) in [6.07, 6.45) is 5.95. The van der Waals surface area contributed by atoms with Crippen LogP contribution in [0, 0.1) is 5.92 Å². The zero-order valence-electron chi connectivity index (χ0n) is 24.0. The molecule has 0 bridgehead atoms. The lowest BCUT2D eigenvalue weighted by Crippen LogP contribution is -2.54. The first kappa shape index (κ1) is 28.9. The van der Waals surface area contributed by atoms with E-state index in [0.717, 1.165) is 31.2 Å². The molecular formula is C31H44N4O4. The van der Waals surface area contributed by atoms with Crippen molar-refractivity contribution in [2.75, 3.05) is 45.9 Å². The molecule has 1 saturated heterocycles. The average molecular weight is 537 g/mol. The van der Waals surface area contributed by atoms with Crippen LogP contribution >= 0.6 is 0 Å². The first-order valence-corrected chi connectivity index (χ1v) is 14.3. The number of hydrogen-bond donors (Lipinski definition) is 1. The number of benzene rings is 1. The van der Waals surface area contributed by atoms with Gasteiger partial charge in [-0.2, -0.15) is 0 Å². The maximum Gasteiger partial charge on any atom is 0.338 e. The zero-order chi connectivity index (χ0) is 28.2. The lowest BCUT2D eigenvalue weighted by molar-refractivity contribution is -0.139. The molecule has 0 aromatic heterocycles. The highest BCUT2D eigenvalue weighted by Gasteiger charge is 2.39. The quantitative estimate of drug-likeness (QED) is 0.394. The van der Waals surface area contributed by atoms with Gasteiger partial charge in [-0.05, 0) is 36.3 Å². The van der Waals surface area contributed by atoms with Gasteiger partial charge in [-0.25, -0.2) is 9.59 Å². The molecular weight excluding hydrogens is 492 g/mol. The number of nitrogens with one attached hydrogen (secondary N) is 1. The first-order valence-electron chi connectivity index (χ1n) is 14.3. The summed E-state index contributed by atoms with van der Waals surface area (Å²) in [7, 11) is 0. The van der Waals surface area contributed by atoms with E-state index in [2.05, 4.69) is 49.7 Å². The average Bonchev–Trinajstić information content (AvgIpc) is 3.45. The number of carbonyl (C=O) groups is 3. The molecule has 1 saturated carbocycles.